The summed E-state index contributed by atoms with van der Waals surface area (Å²) in [6.45, 7) is 5.53. The molecule has 0 spiro atoms. The molecule has 4 aromatic rings. The Hall–Kier alpha value is -4.88. The van der Waals surface area contributed by atoms with Gasteiger partial charge in [0.05, 0.1) is 10.0 Å². The number of fused-ring (bicyclic) bond motifs is 2. The minimum absolute atomic E-state index is 0.0501. The standard InChI is InChI=1S/C27H24Cl2N8O5/c1-26(2,3)37-25(40)36-21-14(19-15(28)5-4-6-16(19)29)9-12-11-32-24(35-20(12)34-21)33-13-7-8-17-18(10-13)42-27(41-17,22(30)38)23(31)39/h4-11H,1-3H3,(H2,30,38)(H2,31,39)(H3,32,33,34,35,36,37,40). The van der Waals surface area contributed by atoms with Crippen molar-refractivity contribution in [2.75, 3.05) is 10.6 Å². The summed E-state index contributed by atoms with van der Waals surface area (Å²) in [5.41, 5.74) is 11.7. The molecule has 0 saturated carbocycles. The summed E-state index contributed by atoms with van der Waals surface area (Å²) >= 11 is 13.0. The lowest BCUT2D eigenvalue weighted by Crippen LogP contribution is -2.60. The average molecular weight is 611 g/mol. The highest BCUT2D eigenvalue weighted by Gasteiger charge is 2.54. The number of primary amides is 2. The maximum absolute atomic E-state index is 12.8. The number of nitrogens with two attached hydrogens (primary N) is 2. The van der Waals surface area contributed by atoms with Gasteiger partial charge in [0.25, 0.3) is 0 Å². The third-order valence-corrected chi connectivity index (χ3v) is 6.51. The molecule has 13 nitrogen and oxygen atoms in total. The van der Waals surface area contributed by atoms with E-state index in [1.54, 1.807) is 30.3 Å². The minimum Gasteiger partial charge on any atom is -0.433 e. The van der Waals surface area contributed by atoms with Gasteiger partial charge in [0, 0.05) is 40.0 Å². The monoisotopic (exact) mass is 610 g/mol. The van der Waals surface area contributed by atoms with Crippen LogP contribution < -0.4 is 36.9 Å². The Morgan fingerprint density at radius 1 is 0.929 bits per heavy atom. The number of rotatable bonds is 6. The number of urea groups is 1. The van der Waals surface area contributed by atoms with E-state index in [-0.39, 0.29) is 28.9 Å². The molecule has 2 aromatic heterocycles. The second-order valence-corrected chi connectivity index (χ2v) is 11.1. The van der Waals surface area contributed by atoms with Crippen LogP contribution in [0, 0.1) is 0 Å². The molecule has 4 amide bonds. The first-order valence-corrected chi connectivity index (χ1v) is 13.1. The fourth-order valence-corrected chi connectivity index (χ4v) is 4.68. The molecule has 0 unspecified atom stereocenters. The molecule has 42 heavy (non-hydrogen) atoms. The molecule has 0 radical (unpaired) electrons. The van der Waals surface area contributed by atoms with E-state index in [2.05, 4.69) is 30.9 Å². The lowest BCUT2D eigenvalue weighted by Gasteiger charge is -2.21. The third kappa shape index (κ3) is 5.51. The first-order valence-electron chi connectivity index (χ1n) is 12.4. The van der Waals surface area contributed by atoms with Crippen LogP contribution in [0.1, 0.15) is 20.8 Å². The van der Waals surface area contributed by atoms with Gasteiger partial charge in [0.1, 0.15) is 5.82 Å². The summed E-state index contributed by atoms with van der Waals surface area (Å²) in [6, 6.07) is 10.8. The van der Waals surface area contributed by atoms with Crippen LogP contribution in [-0.2, 0) is 9.59 Å². The molecule has 1 aliphatic rings. The maximum atomic E-state index is 12.8. The molecule has 5 rings (SSSR count). The molecule has 0 aliphatic carbocycles. The summed E-state index contributed by atoms with van der Waals surface area (Å²) in [6.07, 6.45) is 1.53. The Bertz CT molecular complexity index is 1740. The van der Waals surface area contributed by atoms with Crippen molar-refractivity contribution >= 4 is 69.5 Å². The lowest BCUT2D eigenvalue weighted by molar-refractivity contribution is -0.166. The van der Waals surface area contributed by atoms with E-state index in [1.165, 1.54) is 18.3 Å². The topological polar surface area (TPSA) is 196 Å². The number of benzene rings is 2. The van der Waals surface area contributed by atoms with Gasteiger partial charge in [-0.3, -0.25) is 14.9 Å². The molecule has 0 bridgehead atoms. The summed E-state index contributed by atoms with van der Waals surface area (Å²) in [5, 5.41) is 9.85. The van der Waals surface area contributed by atoms with Gasteiger partial charge in [-0.1, -0.05) is 29.3 Å². The number of aromatic nitrogens is 3. The highest BCUT2D eigenvalue weighted by atomic mass is 35.5. The molecule has 0 fully saturated rings. The number of anilines is 3. The smallest absolute Gasteiger partial charge is 0.414 e. The molecule has 3 heterocycles. The van der Waals surface area contributed by atoms with Crippen molar-refractivity contribution < 1.29 is 23.9 Å². The molecule has 1 aliphatic heterocycles. The first kappa shape index (κ1) is 28.6. The van der Waals surface area contributed by atoms with Gasteiger partial charge >= 0.3 is 23.6 Å². The van der Waals surface area contributed by atoms with E-state index in [0.29, 0.717) is 32.2 Å². The Balaban J connectivity index is 1.50. The number of carbonyl (C=O) groups excluding carboxylic acids is 3. The van der Waals surface area contributed by atoms with Crippen molar-refractivity contribution in [1.29, 1.82) is 0 Å². The summed E-state index contributed by atoms with van der Waals surface area (Å²) in [5.74, 6) is -4.39. The van der Waals surface area contributed by atoms with Gasteiger partial charge in [0.2, 0.25) is 5.95 Å². The number of pyridine rings is 1. The average Bonchev–Trinajstić information content (AvgIpc) is 3.28. The van der Waals surface area contributed by atoms with Crippen LogP contribution in [0.4, 0.5) is 22.2 Å². The van der Waals surface area contributed by atoms with Crippen LogP contribution in [0.3, 0.4) is 0 Å². The fourth-order valence-electron chi connectivity index (χ4n) is 4.08. The predicted octanol–water partition coefficient (Wildman–Crippen LogP) is 4.10. The van der Waals surface area contributed by atoms with Crippen molar-refractivity contribution in [3.8, 4) is 22.6 Å². The van der Waals surface area contributed by atoms with Gasteiger partial charge in [0.15, 0.2) is 17.1 Å². The van der Waals surface area contributed by atoms with Crippen molar-refractivity contribution in [1.82, 2.24) is 20.3 Å². The Kier molecular flexibility index (Phi) is 7.16. The van der Waals surface area contributed by atoms with Gasteiger partial charge < -0.3 is 31.6 Å². The van der Waals surface area contributed by atoms with Crippen LogP contribution >= 0.6 is 23.2 Å². The zero-order chi connectivity index (χ0) is 30.4. The first-order chi connectivity index (χ1) is 19.8. The quantitative estimate of drug-likeness (QED) is 0.199. The van der Waals surface area contributed by atoms with Crippen molar-refractivity contribution in [2.45, 2.75) is 32.1 Å². The lowest BCUT2D eigenvalue weighted by atomic mass is 10.0. The molecule has 15 heteroatoms. The van der Waals surface area contributed by atoms with E-state index in [1.807, 2.05) is 20.8 Å². The predicted molar refractivity (Wildman–Crippen MR) is 157 cm³/mol. The normalized spacial score (nSPS) is 13.5. The maximum Gasteiger partial charge on any atom is 0.414 e. The van der Waals surface area contributed by atoms with Crippen LogP contribution in [0.2, 0.25) is 10.0 Å². The van der Waals surface area contributed by atoms with E-state index in [4.69, 9.17) is 44.1 Å². The zero-order valence-electron chi connectivity index (χ0n) is 22.4. The van der Waals surface area contributed by atoms with E-state index in [0.717, 1.165) is 0 Å². The van der Waals surface area contributed by atoms with Gasteiger partial charge in [-0.25, -0.2) is 14.8 Å². The largest absolute Gasteiger partial charge is 0.433 e. The van der Waals surface area contributed by atoms with Crippen LogP contribution in [0.25, 0.3) is 22.2 Å². The van der Waals surface area contributed by atoms with Crippen molar-refractivity contribution in [3.05, 3.63) is 58.7 Å². The Morgan fingerprint density at radius 2 is 1.60 bits per heavy atom. The van der Waals surface area contributed by atoms with E-state index >= 15 is 0 Å². The number of amides is 4. The summed E-state index contributed by atoms with van der Waals surface area (Å²) in [4.78, 5) is 49.9. The second kappa shape index (κ2) is 10.5. The number of carbonyl (C=O) groups is 3. The van der Waals surface area contributed by atoms with Crippen molar-refractivity contribution in [3.63, 3.8) is 0 Å². The number of hydrogen-bond donors (Lipinski definition) is 5. The molecule has 0 atom stereocenters. The Morgan fingerprint density at radius 3 is 2.24 bits per heavy atom. The Labute approximate surface area is 248 Å². The molecule has 2 aromatic carbocycles. The zero-order valence-corrected chi connectivity index (χ0v) is 23.9. The molecule has 0 saturated heterocycles. The number of halogens is 2. The molecular formula is C27H24Cl2N8O5. The van der Waals surface area contributed by atoms with Gasteiger partial charge in [-0.2, -0.15) is 4.98 Å². The highest BCUT2D eigenvalue weighted by Crippen LogP contribution is 2.42. The summed E-state index contributed by atoms with van der Waals surface area (Å²) < 4.78 is 10.7. The van der Waals surface area contributed by atoms with Gasteiger partial charge in [-0.15, -0.1) is 0 Å². The van der Waals surface area contributed by atoms with Crippen LogP contribution in [0.5, 0.6) is 11.5 Å². The van der Waals surface area contributed by atoms with E-state index in [9.17, 15) is 14.4 Å². The van der Waals surface area contributed by atoms with Crippen LogP contribution in [-0.4, -0.2) is 44.1 Å². The minimum atomic E-state index is -2.45. The number of nitrogens with one attached hydrogen (secondary N) is 3. The molecule has 7 N–H and O–H groups in total. The number of ether oxygens (including phenoxy) is 2. The van der Waals surface area contributed by atoms with Gasteiger partial charge in [-0.05, 0) is 51.1 Å². The molecular weight excluding hydrogens is 587 g/mol. The van der Waals surface area contributed by atoms with E-state index < -0.39 is 29.2 Å². The second-order valence-electron chi connectivity index (χ2n) is 10.3. The third-order valence-electron chi connectivity index (χ3n) is 5.88. The highest BCUT2D eigenvalue weighted by molar-refractivity contribution is 6.39. The summed E-state index contributed by atoms with van der Waals surface area (Å²) in [7, 11) is 0. The van der Waals surface area contributed by atoms with Crippen molar-refractivity contribution in [2.24, 2.45) is 11.5 Å². The SMILES string of the molecule is CC(C)(C)NC(=O)Nc1nc2nc(Nc3ccc4c(c3)OC(C(N)=O)(C(N)=O)O4)ncc2cc1-c1c(Cl)cccc1Cl. The fraction of sp³-hybridized carbons (Fsp3) is 0.185. The number of hydrogen-bond acceptors (Lipinski definition) is 9. The van der Waals surface area contributed by atoms with Crippen LogP contribution in [0.15, 0.2) is 48.7 Å². The number of nitrogens with zero attached hydrogens (tertiary/aromatic N) is 3. The molecule has 216 valence electrons.